The number of aromatic nitrogens is 1. The van der Waals surface area contributed by atoms with Crippen LogP contribution in [0.5, 0.6) is 0 Å². The average molecular weight is 306 g/mol. The highest BCUT2D eigenvalue weighted by Crippen LogP contribution is 2.26. The van der Waals surface area contributed by atoms with Gasteiger partial charge in [0.2, 0.25) is 0 Å². The first kappa shape index (κ1) is 14.9. The van der Waals surface area contributed by atoms with Crippen LogP contribution in [0.2, 0.25) is 0 Å². The zero-order valence-electron chi connectivity index (χ0n) is 11.5. The van der Waals surface area contributed by atoms with Gasteiger partial charge in [0.1, 0.15) is 16.3 Å². The van der Waals surface area contributed by atoms with Crippen LogP contribution in [0.25, 0.3) is 0 Å². The summed E-state index contributed by atoms with van der Waals surface area (Å²) in [5.74, 6) is -0.547. The molecule has 1 unspecified atom stereocenters. The lowest BCUT2D eigenvalue weighted by molar-refractivity contribution is -0.384. The lowest BCUT2D eigenvalue weighted by Crippen LogP contribution is -2.27. The van der Waals surface area contributed by atoms with Crippen LogP contribution in [-0.4, -0.2) is 15.8 Å². The second-order valence-corrected chi connectivity index (χ2v) is 5.41. The van der Waals surface area contributed by atoms with Gasteiger partial charge in [-0.25, -0.2) is 4.98 Å². The van der Waals surface area contributed by atoms with Crippen LogP contribution in [0.3, 0.4) is 0 Å². The molecule has 1 heterocycles. The number of nitrogens with one attached hydrogen (secondary N) is 1. The first-order valence-electron chi connectivity index (χ1n) is 6.16. The summed E-state index contributed by atoms with van der Waals surface area (Å²) in [4.78, 5) is 26.9. The van der Waals surface area contributed by atoms with Gasteiger partial charge in [-0.1, -0.05) is 6.07 Å². The highest BCUT2D eigenvalue weighted by Gasteiger charge is 2.24. The Kier molecular flexibility index (Phi) is 4.18. The van der Waals surface area contributed by atoms with Gasteiger partial charge in [0.15, 0.2) is 0 Å². The number of hydrogen-bond acceptors (Lipinski definition) is 6. The fourth-order valence-corrected chi connectivity index (χ4v) is 2.66. The number of hydrogen-bond donors (Lipinski definition) is 2. The molecule has 0 fully saturated rings. The Morgan fingerprint density at radius 3 is 2.81 bits per heavy atom. The molecular weight excluding hydrogens is 292 g/mol. The molecule has 0 radical (unpaired) electrons. The number of amides is 1. The summed E-state index contributed by atoms with van der Waals surface area (Å²) in [5.41, 5.74) is 5.97. The molecule has 0 spiro atoms. The number of benzene rings is 1. The van der Waals surface area contributed by atoms with Crippen molar-refractivity contribution in [3.8, 4) is 0 Å². The average Bonchev–Trinajstić information content (AvgIpc) is 2.84. The molecule has 1 amide bonds. The van der Waals surface area contributed by atoms with Crippen molar-refractivity contribution < 1.29 is 9.72 Å². The van der Waals surface area contributed by atoms with Crippen molar-refractivity contribution in [2.75, 3.05) is 5.73 Å². The minimum atomic E-state index is -0.650. The molecule has 1 atom stereocenters. The van der Waals surface area contributed by atoms with Crippen molar-refractivity contribution in [3.63, 3.8) is 0 Å². The van der Waals surface area contributed by atoms with E-state index in [0.717, 1.165) is 10.7 Å². The molecule has 1 aromatic heterocycles. The quantitative estimate of drug-likeness (QED) is 0.512. The van der Waals surface area contributed by atoms with Crippen LogP contribution in [0.15, 0.2) is 23.6 Å². The number of thiazole rings is 1. The monoisotopic (exact) mass is 306 g/mol. The molecule has 21 heavy (non-hydrogen) atoms. The molecule has 0 aliphatic rings. The number of nitrogen functional groups attached to an aromatic ring is 1. The number of para-hydroxylation sites is 1. The van der Waals surface area contributed by atoms with E-state index in [0.29, 0.717) is 0 Å². The number of carbonyl (C=O) groups is 1. The van der Waals surface area contributed by atoms with E-state index in [1.807, 2.05) is 12.3 Å². The molecule has 2 aromatic rings. The minimum Gasteiger partial charge on any atom is -0.393 e. The smallest absolute Gasteiger partial charge is 0.304 e. The van der Waals surface area contributed by atoms with E-state index < -0.39 is 10.8 Å². The molecule has 0 saturated carbocycles. The van der Waals surface area contributed by atoms with Crippen molar-refractivity contribution in [2.24, 2.45) is 0 Å². The number of nitrogens with two attached hydrogens (primary N) is 1. The van der Waals surface area contributed by atoms with E-state index in [2.05, 4.69) is 10.3 Å². The third-order valence-electron chi connectivity index (χ3n) is 2.85. The van der Waals surface area contributed by atoms with Crippen molar-refractivity contribution >= 4 is 28.6 Å². The minimum absolute atomic E-state index is 0.0367. The molecule has 3 N–H and O–H groups in total. The molecule has 0 aliphatic heterocycles. The van der Waals surface area contributed by atoms with Crippen LogP contribution in [0.4, 0.5) is 11.4 Å². The van der Waals surface area contributed by atoms with Gasteiger partial charge in [-0.15, -0.1) is 11.3 Å². The number of nitrogens with zero attached hydrogens (tertiary/aromatic N) is 2. The van der Waals surface area contributed by atoms with Crippen LogP contribution in [-0.2, 0) is 0 Å². The molecule has 110 valence electrons. The van der Waals surface area contributed by atoms with Crippen molar-refractivity contribution in [3.05, 3.63) is 50.0 Å². The normalized spacial score (nSPS) is 11.9. The van der Waals surface area contributed by atoms with Crippen LogP contribution in [0.1, 0.15) is 34.0 Å². The standard InChI is InChI=1S/C13H14N4O3S/c1-7-6-21-13(15-7)8(2)16-12(18)9-4-3-5-10(14)11(9)17(19)20/h3-6,8H,14H2,1-2H3,(H,16,18). The van der Waals surface area contributed by atoms with Crippen LogP contribution < -0.4 is 11.1 Å². The van der Waals surface area contributed by atoms with Gasteiger partial charge in [0.25, 0.3) is 5.91 Å². The second kappa shape index (κ2) is 5.88. The summed E-state index contributed by atoms with van der Waals surface area (Å²) >= 11 is 1.42. The Labute approximate surface area is 125 Å². The highest BCUT2D eigenvalue weighted by atomic mass is 32.1. The molecule has 8 heteroatoms. The summed E-state index contributed by atoms with van der Waals surface area (Å²) in [6, 6.07) is 3.94. The van der Waals surface area contributed by atoms with Crippen LogP contribution >= 0.6 is 11.3 Å². The van der Waals surface area contributed by atoms with E-state index in [1.54, 1.807) is 6.92 Å². The van der Waals surface area contributed by atoms with E-state index >= 15 is 0 Å². The largest absolute Gasteiger partial charge is 0.393 e. The van der Waals surface area contributed by atoms with Gasteiger partial charge < -0.3 is 11.1 Å². The Balaban J connectivity index is 2.25. The zero-order valence-corrected chi connectivity index (χ0v) is 12.3. The molecule has 7 nitrogen and oxygen atoms in total. The van der Waals surface area contributed by atoms with E-state index in [4.69, 9.17) is 5.73 Å². The maximum absolute atomic E-state index is 12.2. The van der Waals surface area contributed by atoms with E-state index in [-0.39, 0.29) is 23.0 Å². The lowest BCUT2D eigenvalue weighted by Gasteiger charge is -2.11. The van der Waals surface area contributed by atoms with Gasteiger partial charge >= 0.3 is 5.69 Å². The molecule has 2 rings (SSSR count). The molecule has 0 aliphatic carbocycles. The van der Waals surface area contributed by atoms with Gasteiger partial charge in [-0.05, 0) is 26.0 Å². The summed E-state index contributed by atoms with van der Waals surface area (Å²) < 4.78 is 0. The lowest BCUT2D eigenvalue weighted by atomic mass is 10.1. The van der Waals surface area contributed by atoms with Crippen molar-refractivity contribution in [1.29, 1.82) is 0 Å². The van der Waals surface area contributed by atoms with Gasteiger partial charge in [-0.3, -0.25) is 14.9 Å². The fraction of sp³-hybridized carbons (Fsp3) is 0.231. The molecule has 0 bridgehead atoms. The number of nitro groups is 1. The van der Waals surface area contributed by atoms with E-state index in [1.165, 1.54) is 29.5 Å². The third-order valence-corrected chi connectivity index (χ3v) is 3.99. The molecule has 0 saturated heterocycles. The van der Waals surface area contributed by atoms with Crippen molar-refractivity contribution in [2.45, 2.75) is 19.9 Å². The summed E-state index contributed by atoms with van der Waals surface area (Å²) in [6.07, 6.45) is 0. The summed E-state index contributed by atoms with van der Waals surface area (Å²) in [7, 11) is 0. The SMILES string of the molecule is Cc1csc(C(C)NC(=O)c2cccc(N)c2[N+](=O)[O-])n1. The van der Waals surface area contributed by atoms with Gasteiger partial charge in [-0.2, -0.15) is 0 Å². The van der Waals surface area contributed by atoms with Gasteiger partial charge in [0.05, 0.1) is 11.0 Å². The number of aryl methyl sites for hydroxylation is 1. The van der Waals surface area contributed by atoms with E-state index in [9.17, 15) is 14.9 Å². The first-order valence-corrected chi connectivity index (χ1v) is 7.04. The van der Waals surface area contributed by atoms with Crippen LogP contribution in [0, 0.1) is 17.0 Å². The number of carbonyl (C=O) groups excluding carboxylic acids is 1. The predicted octanol–water partition coefficient (Wildman–Crippen LogP) is 2.43. The van der Waals surface area contributed by atoms with Gasteiger partial charge in [0, 0.05) is 11.1 Å². The zero-order chi connectivity index (χ0) is 15.6. The Bertz CT molecular complexity index is 698. The molecular formula is C13H14N4O3S. The fourth-order valence-electron chi connectivity index (χ4n) is 1.86. The Hall–Kier alpha value is -2.48. The number of rotatable bonds is 4. The maximum atomic E-state index is 12.2. The topological polar surface area (TPSA) is 111 Å². The number of nitro benzene ring substituents is 1. The molecule has 1 aromatic carbocycles. The maximum Gasteiger partial charge on any atom is 0.304 e. The summed E-state index contributed by atoms with van der Waals surface area (Å²) in [5, 5.41) is 16.4. The summed E-state index contributed by atoms with van der Waals surface area (Å²) in [6.45, 7) is 3.63. The Morgan fingerprint density at radius 2 is 2.24 bits per heavy atom. The highest BCUT2D eigenvalue weighted by molar-refractivity contribution is 7.09. The first-order chi connectivity index (χ1) is 9.90. The predicted molar refractivity (Wildman–Crippen MR) is 80.2 cm³/mol. The third kappa shape index (κ3) is 3.16. The Morgan fingerprint density at radius 1 is 1.52 bits per heavy atom. The number of anilines is 1. The second-order valence-electron chi connectivity index (χ2n) is 4.52. The van der Waals surface area contributed by atoms with Crippen molar-refractivity contribution in [1.82, 2.24) is 10.3 Å².